The molecule has 0 aliphatic carbocycles. The molecule has 0 aliphatic heterocycles. The first kappa shape index (κ1) is 12.4. The van der Waals surface area contributed by atoms with Gasteiger partial charge in [-0.1, -0.05) is 0 Å². The number of carbonyl (C=O) groups excluding carboxylic acids is 1. The zero-order valence-electron chi connectivity index (χ0n) is 11.1. The maximum atomic E-state index is 10.9. The van der Waals surface area contributed by atoms with Crippen LogP contribution in [0.25, 0.3) is 17.0 Å². The van der Waals surface area contributed by atoms with Crippen molar-refractivity contribution >= 4 is 11.6 Å². The number of pyridine rings is 1. The molecule has 0 unspecified atom stereocenters. The normalized spacial score (nSPS) is 11.3. The summed E-state index contributed by atoms with van der Waals surface area (Å²) in [5, 5.41) is 15.2. The van der Waals surface area contributed by atoms with Gasteiger partial charge in [0.15, 0.2) is 0 Å². The van der Waals surface area contributed by atoms with Gasteiger partial charge in [-0.05, 0) is 32.0 Å². The van der Waals surface area contributed by atoms with Crippen molar-refractivity contribution in [1.29, 1.82) is 0 Å². The van der Waals surface area contributed by atoms with Crippen LogP contribution in [0.3, 0.4) is 0 Å². The molecule has 3 aromatic heterocycles. The number of fused-ring (bicyclic) bond motifs is 1. The number of aromatic nitrogens is 4. The Hall–Kier alpha value is -2.63. The zero-order chi connectivity index (χ0) is 14.3. The van der Waals surface area contributed by atoms with Crippen LogP contribution in [0.4, 0.5) is 0 Å². The van der Waals surface area contributed by atoms with E-state index in [-0.39, 0.29) is 11.6 Å². The second-order valence-electron chi connectivity index (χ2n) is 4.83. The average molecular weight is 269 g/mol. The number of carbonyl (C=O) groups is 1. The molecule has 102 valence electrons. The number of carboxylic acids is 1. The molecule has 0 fully saturated rings. The second-order valence-corrected chi connectivity index (χ2v) is 4.83. The second kappa shape index (κ2) is 4.48. The molecule has 3 aromatic rings. The predicted molar refractivity (Wildman–Crippen MR) is 71.1 cm³/mol. The Balaban J connectivity index is 2.18. The molecule has 20 heavy (non-hydrogen) atoms. The molecule has 0 spiro atoms. The van der Waals surface area contributed by atoms with E-state index in [4.69, 9.17) is 0 Å². The summed E-state index contributed by atoms with van der Waals surface area (Å²) in [5.41, 5.74) is 2.50. The van der Waals surface area contributed by atoms with Crippen LogP contribution in [-0.2, 0) is 0 Å². The highest BCUT2D eigenvalue weighted by molar-refractivity contribution is 5.87. The largest absolute Gasteiger partial charge is 0.545 e. The van der Waals surface area contributed by atoms with E-state index in [2.05, 4.69) is 10.1 Å². The molecule has 0 radical (unpaired) electrons. The lowest BCUT2D eigenvalue weighted by Crippen LogP contribution is -2.22. The number of carboxylic acid groups (broad SMARTS) is 1. The van der Waals surface area contributed by atoms with E-state index < -0.39 is 5.97 Å². The molecule has 0 bridgehead atoms. The number of hydrogen-bond donors (Lipinski definition) is 0. The maximum absolute atomic E-state index is 10.9. The summed E-state index contributed by atoms with van der Waals surface area (Å²) in [7, 11) is 0. The SMILES string of the molecule is CC(C)n1nccc1-c1cnc2cc(C(=O)[O-])ccn12. The molecule has 0 amide bonds. The van der Waals surface area contributed by atoms with E-state index in [0.29, 0.717) is 5.65 Å². The monoisotopic (exact) mass is 269 g/mol. The molecular weight excluding hydrogens is 256 g/mol. The van der Waals surface area contributed by atoms with Gasteiger partial charge in [0.1, 0.15) is 5.65 Å². The van der Waals surface area contributed by atoms with Crippen LogP contribution < -0.4 is 5.11 Å². The van der Waals surface area contributed by atoms with Crippen molar-refractivity contribution in [3.05, 3.63) is 42.4 Å². The van der Waals surface area contributed by atoms with Crippen molar-refractivity contribution in [2.45, 2.75) is 19.9 Å². The third-order valence-corrected chi connectivity index (χ3v) is 3.17. The standard InChI is InChI=1S/C14H14N4O2/c1-9(2)18-11(3-5-16-18)12-8-15-13-7-10(14(19)20)4-6-17(12)13/h3-9H,1-2H3,(H,19,20)/p-1. The Morgan fingerprint density at radius 1 is 1.30 bits per heavy atom. The van der Waals surface area contributed by atoms with Crippen molar-refractivity contribution in [3.8, 4) is 11.4 Å². The van der Waals surface area contributed by atoms with Crippen LogP contribution in [0.2, 0.25) is 0 Å². The van der Waals surface area contributed by atoms with Crippen LogP contribution in [-0.4, -0.2) is 25.1 Å². The molecule has 3 rings (SSSR count). The number of rotatable bonds is 3. The molecule has 0 atom stereocenters. The van der Waals surface area contributed by atoms with E-state index in [0.717, 1.165) is 11.4 Å². The van der Waals surface area contributed by atoms with E-state index in [1.807, 2.05) is 29.0 Å². The lowest BCUT2D eigenvalue weighted by atomic mass is 10.2. The first-order valence-corrected chi connectivity index (χ1v) is 6.30. The van der Waals surface area contributed by atoms with Gasteiger partial charge in [-0.2, -0.15) is 5.10 Å². The number of hydrogen-bond acceptors (Lipinski definition) is 4. The van der Waals surface area contributed by atoms with Crippen LogP contribution in [0.5, 0.6) is 0 Å². The van der Waals surface area contributed by atoms with Crippen molar-refractivity contribution in [2.24, 2.45) is 0 Å². The Bertz CT molecular complexity index is 785. The van der Waals surface area contributed by atoms with E-state index in [1.165, 1.54) is 12.1 Å². The molecule has 0 N–H and O–H groups in total. The summed E-state index contributed by atoms with van der Waals surface area (Å²) >= 11 is 0. The fourth-order valence-corrected chi connectivity index (χ4v) is 2.23. The van der Waals surface area contributed by atoms with Crippen LogP contribution in [0.15, 0.2) is 36.8 Å². The molecule has 6 heteroatoms. The summed E-state index contributed by atoms with van der Waals surface area (Å²) in [6.45, 7) is 4.10. The molecule has 0 aliphatic rings. The molecule has 6 nitrogen and oxygen atoms in total. The van der Waals surface area contributed by atoms with Crippen molar-refractivity contribution in [2.75, 3.05) is 0 Å². The minimum Gasteiger partial charge on any atom is -0.545 e. The summed E-state index contributed by atoms with van der Waals surface area (Å²) < 4.78 is 3.73. The van der Waals surface area contributed by atoms with E-state index in [1.54, 1.807) is 18.6 Å². The van der Waals surface area contributed by atoms with Crippen LogP contribution in [0.1, 0.15) is 30.2 Å². The summed E-state index contributed by atoms with van der Waals surface area (Å²) in [6, 6.07) is 5.14. The smallest absolute Gasteiger partial charge is 0.137 e. The Labute approximate surface area is 115 Å². The molecule has 0 saturated carbocycles. The lowest BCUT2D eigenvalue weighted by molar-refractivity contribution is -0.255. The van der Waals surface area contributed by atoms with E-state index in [9.17, 15) is 9.90 Å². The van der Waals surface area contributed by atoms with Gasteiger partial charge >= 0.3 is 0 Å². The maximum Gasteiger partial charge on any atom is 0.137 e. The first-order chi connectivity index (χ1) is 9.58. The third kappa shape index (κ3) is 1.85. The first-order valence-electron chi connectivity index (χ1n) is 6.30. The third-order valence-electron chi connectivity index (χ3n) is 3.17. The summed E-state index contributed by atoms with van der Waals surface area (Å²) in [6.07, 6.45) is 5.13. The van der Waals surface area contributed by atoms with E-state index >= 15 is 0 Å². The van der Waals surface area contributed by atoms with Gasteiger partial charge in [-0.15, -0.1) is 0 Å². The molecule has 0 aromatic carbocycles. The lowest BCUT2D eigenvalue weighted by Gasteiger charge is -2.11. The van der Waals surface area contributed by atoms with Gasteiger partial charge in [0.2, 0.25) is 0 Å². The Morgan fingerprint density at radius 3 is 2.80 bits per heavy atom. The Kier molecular flexibility index (Phi) is 2.78. The van der Waals surface area contributed by atoms with Crippen molar-refractivity contribution in [1.82, 2.24) is 19.2 Å². The fourth-order valence-electron chi connectivity index (χ4n) is 2.23. The minimum absolute atomic E-state index is 0.118. The van der Waals surface area contributed by atoms with Gasteiger partial charge in [0.05, 0.1) is 23.6 Å². The number of nitrogens with zero attached hydrogens (tertiary/aromatic N) is 4. The highest BCUT2D eigenvalue weighted by Gasteiger charge is 2.13. The molecule has 0 saturated heterocycles. The zero-order valence-corrected chi connectivity index (χ0v) is 11.1. The Morgan fingerprint density at radius 2 is 2.10 bits per heavy atom. The van der Waals surface area contributed by atoms with Gasteiger partial charge in [0, 0.05) is 24.0 Å². The minimum atomic E-state index is -1.20. The van der Waals surface area contributed by atoms with Gasteiger partial charge in [-0.25, -0.2) is 4.98 Å². The highest BCUT2D eigenvalue weighted by atomic mass is 16.4. The van der Waals surface area contributed by atoms with Gasteiger partial charge in [0.25, 0.3) is 0 Å². The van der Waals surface area contributed by atoms with Crippen LogP contribution in [0, 0.1) is 0 Å². The predicted octanol–water partition coefficient (Wildman–Crippen LogP) is 1.14. The van der Waals surface area contributed by atoms with Gasteiger partial charge < -0.3 is 9.90 Å². The number of aromatic carboxylic acids is 1. The number of imidazole rings is 1. The van der Waals surface area contributed by atoms with Crippen LogP contribution >= 0.6 is 0 Å². The quantitative estimate of drug-likeness (QED) is 0.714. The topological polar surface area (TPSA) is 75.2 Å². The fraction of sp³-hybridized carbons (Fsp3) is 0.214. The molecular formula is C14H13N4O2-. The van der Waals surface area contributed by atoms with Crippen molar-refractivity contribution < 1.29 is 9.90 Å². The highest BCUT2D eigenvalue weighted by Crippen LogP contribution is 2.23. The van der Waals surface area contributed by atoms with Crippen molar-refractivity contribution in [3.63, 3.8) is 0 Å². The average Bonchev–Trinajstić information content (AvgIpc) is 3.03. The van der Waals surface area contributed by atoms with Gasteiger partial charge in [-0.3, -0.25) is 9.08 Å². The summed E-state index contributed by atoms with van der Waals surface area (Å²) in [5.74, 6) is -1.20. The summed E-state index contributed by atoms with van der Waals surface area (Å²) in [4.78, 5) is 15.1. The molecule has 3 heterocycles.